The van der Waals surface area contributed by atoms with Gasteiger partial charge in [-0.2, -0.15) is 0 Å². The van der Waals surface area contributed by atoms with E-state index >= 15 is 0 Å². The van der Waals surface area contributed by atoms with Crippen molar-refractivity contribution in [3.63, 3.8) is 0 Å². The van der Waals surface area contributed by atoms with E-state index < -0.39 is 5.97 Å². The SMILES string of the molecule is O=C(O)CCCCCOC(=O)[C@@H]1CCn2c(C(=O)c3ccccc3)ccc21. The monoisotopic (exact) mass is 369 g/mol. The Balaban J connectivity index is 1.56. The maximum atomic E-state index is 12.7. The second kappa shape index (κ2) is 8.66. The van der Waals surface area contributed by atoms with Crippen LogP contribution in [0.4, 0.5) is 0 Å². The highest BCUT2D eigenvalue weighted by molar-refractivity contribution is 6.08. The number of carboxylic acids is 1. The van der Waals surface area contributed by atoms with Gasteiger partial charge in [0.15, 0.2) is 0 Å². The van der Waals surface area contributed by atoms with Crippen LogP contribution in [0.2, 0.25) is 0 Å². The number of unbranched alkanes of at least 4 members (excludes halogenated alkanes) is 2. The van der Waals surface area contributed by atoms with Crippen molar-refractivity contribution in [3.8, 4) is 0 Å². The van der Waals surface area contributed by atoms with Gasteiger partial charge in [-0.3, -0.25) is 14.4 Å². The molecule has 1 aliphatic heterocycles. The van der Waals surface area contributed by atoms with Crippen LogP contribution in [-0.2, 0) is 20.9 Å². The number of carbonyl (C=O) groups excluding carboxylic acids is 2. The van der Waals surface area contributed by atoms with Crippen molar-refractivity contribution in [2.45, 2.75) is 44.6 Å². The number of hydrogen-bond donors (Lipinski definition) is 1. The first-order chi connectivity index (χ1) is 13.1. The van der Waals surface area contributed by atoms with E-state index in [1.54, 1.807) is 18.2 Å². The number of rotatable bonds is 9. The van der Waals surface area contributed by atoms with Crippen LogP contribution in [0.25, 0.3) is 0 Å². The summed E-state index contributed by atoms with van der Waals surface area (Å²) in [7, 11) is 0. The molecule has 3 rings (SSSR count). The molecule has 0 saturated carbocycles. The summed E-state index contributed by atoms with van der Waals surface area (Å²) < 4.78 is 7.27. The summed E-state index contributed by atoms with van der Waals surface area (Å²) in [5.41, 5.74) is 2.05. The van der Waals surface area contributed by atoms with Crippen LogP contribution >= 0.6 is 0 Å². The van der Waals surface area contributed by atoms with E-state index in [0.29, 0.717) is 43.7 Å². The molecule has 0 spiro atoms. The number of esters is 1. The molecule has 1 aromatic carbocycles. The molecular weight excluding hydrogens is 346 g/mol. The number of ketones is 1. The molecule has 0 unspecified atom stereocenters. The lowest BCUT2D eigenvalue weighted by Gasteiger charge is -2.10. The van der Waals surface area contributed by atoms with Gasteiger partial charge in [-0.25, -0.2) is 0 Å². The fourth-order valence-electron chi connectivity index (χ4n) is 3.45. The first-order valence-corrected chi connectivity index (χ1v) is 9.25. The number of carboxylic acid groups (broad SMARTS) is 1. The Kier molecular flexibility index (Phi) is 6.06. The number of fused-ring (bicyclic) bond motifs is 1. The smallest absolute Gasteiger partial charge is 0.315 e. The molecule has 6 heteroatoms. The zero-order valence-corrected chi connectivity index (χ0v) is 15.1. The molecule has 0 bridgehead atoms. The molecule has 1 aromatic heterocycles. The average Bonchev–Trinajstić information content (AvgIpc) is 3.26. The molecular formula is C21H23NO5. The van der Waals surface area contributed by atoms with Crippen molar-refractivity contribution in [1.82, 2.24) is 4.57 Å². The van der Waals surface area contributed by atoms with Gasteiger partial charge in [0.1, 0.15) is 0 Å². The standard InChI is InChI=1S/C21H23NO5/c23-19(24)9-5-2-6-14-27-21(26)16-12-13-22-17(16)10-11-18(22)20(25)15-7-3-1-4-8-15/h1,3-4,7-8,10-11,16H,2,5-6,9,12-14H2,(H,23,24)/t16-/m1/s1. The van der Waals surface area contributed by atoms with E-state index in [1.165, 1.54) is 0 Å². The Morgan fingerprint density at radius 3 is 2.56 bits per heavy atom. The molecule has 2 heterocycles. The maximum absolute atomic E-state index is 12.7. The molecule has 1 N–H and O–H groups in total. The van der Waals surface area contributed by atoms with Crippen molar-refractivity contribution in [2.75, 3.05) is 6.61 Å². The Hall–Kier alpha value is -2.89. The third-order valence-corrected chi connectivity index (χ3v) is 4.85. The highest BCUT2D eigenvalue weighted by Crippen LogP contribution is 2.32. The van der Waals surface area contributed by atoms with Gasteiger partial charge in [0.2, 0.25) is 5.78 Å². The summed E-state index contributed by atoms with van der Waals surface area (Å²) in [6.07, 6.45) is 2.73. The zero-order valence-electron chi connectivity index (χ0n) is 15.1. The summed E-state index contributed by atoms with van der Waals surface area (Å²) in [6, 6.07) is 12.7. The number of ether oxygens (including phenoxy) is 1. The van der Waals surface area contributed by atoms with Crippen molar-refractivity contribution < 1.29 is 24.2 Å². The van der Waals surface area contributed by atoms with Gasteiger partial charge in [-0.05, 0) is 37.8 Å². The van der Waals surface area contributed by atoms with Gasteiger partial charge in [-0.15, -0.1) is 0 Å². The quantitative estimate of drug-likeness (QED) is 0.416. The van der Waals surface area contributed by atoms with Crippen LogP contribution in [0, 0.1) is 0 Å². The predicted octanol–water partition coefficient (Wildman–Crippen LogP) is 3.39. The molecule has 2 aromatic rings. The molecule has 0 fully saturated rings. The topological polar surface area (TPSA) is 85.6 Å². The van der Waals surface area contributed by atoms with Crippen LogP contribution in [0.15, 0.2) is 42.5 Å². The second-order valence-corrected chi connectivity index (χ2v) is 6.70. The van der Waals surface area contributed by atoms with Gasteiger partial charge in [0.25, 0.3) is 0 Å². The number of hydrogen-bond acceptors (Lipinski definition) is 4. The van der Waals surface area contributed by atoms with E-state index in [4.69, 9.17) is 9.84 Å². The van der Waals surface area contributed by atoms with E-state index in [2.05, 4.69) is 0 Å². The summed E-state index contributed by atoms with van der Waals surface area (Å²) in [5, 5.41) is 8.60. The minimum Gasteiger partial charge on any atom is -0.481 e. The van der Waals surface area contributed by atoms with Gasteiger partial charge in [-0.1, -0.05) is 30.3 Å². The molecule has 1 aliphatic rings. The van der Waals surface area contributed by atoms with E-state index in [9.17, 15) is 14.4 Å². The highest BCUT2D eigenvalue weighted by Gasteiger charge is 2.32. The fraction of sp³-hybridized carbons (Fsp3) is 0.381. The normalized spacial score (nSPS) is 15.3. The lowest BCUT2D eigenvalue weighted by atomic mass is 10.1. The Morgan fingerprint density at radius 2 is 1.81 bits per heavy atom. The molecule has 0 aliphatic carbocycles. The minimum absolute atomic E-state index is 0.0469. The molecule has 0 radical (unpaired) electrons. The number of nitrogens with zero attached hydrogens (tertiary/aromatic N) is 1. The average molecular weight is 369 g/mol. The van der Waals surface area contributed by atoms with Crippen molar-refractivity contribution in [1.29, 1.82) is 0 Å². The first-order valence-electron chi connectivity index (χ1n) is 9.25. The van der Waals surface area contributed by atoms with Gasteiger partial charge >= 0.3 is 11.9 Å². The number of benzene rings is 1. The van der Waals surface area contributed by atoms with Crippen LogP contribution in [0.1, 0.15) is 59.8 Å². The van der Waals surface area contributed by atoms with E-state index in [-0.39, 0.29) is 24.1 Å². The van der Waals surface area contributed by atoms with E-state index in [0.717, 1.165) is 12.1 Å². The van der Waals surface area contributed by atoms with Crippen LogP contribution < -0.4 is 0 Å². The van der Waals surface area contributed by atoms with Gasteiger partial charge in [0.05, 0.1) is 18.2 Å². The summed E-state index contributed by atoms with van der Waals surface area (Å²) >= 11 is 0. The number of aliphatic carboxylic acids is 1. The third-order valence-electron chi connectivity index (χ3n) is 4.85. The summed E-state index contributed by atoms with van der Waals surface area (Å²) in [4.78, 5) is 35.5. The predicted molar refractivity (Wildman–Crippen MR) is 98.7 cm³/mol. The van der Waals surface area contributed by atoms with Gasteiger partial charge in [0, 0.05) is 24.2 Å². The second-order valence-electron chi connectivity index (χ2n) is 6.70. The molecule has 6 nitrogen and oxygen atoms in total. The van der Waals surface area contributed by atoms with Crippen molar-refractivity contribution in [2.24, 2.45) is 0 Å². The lowest BCUT2D eigenvalue weighted by molar-refractivity contribution is -0.145. The fourth-order valence-corrected chi connectivity index (χ4v) is 3.45. The summed E-state index contributed by atoms with van der Waals surface area (Å²) in [5.74, 6) is -1.47. The molecule has 0 saturated heterocycles. The number of aromatic nitrogens is 1. The number of carbonyl (C=O) groups is 3. The Morgan fingerprint density at radius 1 is 1.04 bits per heavy atom. The highest BCUT2D eigenvalue weighted by atomic mass is 16.5. The summed E-state index contributed by atoms with van der Waals surface area (Å²) in [6.45, 7) is 0.917. The maximum Gasteiger partial charge on any atom is 0.315 e. The van der Waals surface area contributed by atoms with Crippen molar-refractivity contribution >= 4 is 17.7 Å². The Bertz CT molecular complexity index is 824. The lowest BCUT2D eigenvalue weighted by Crippen LogP contribution is -2.14. The van der Waals surface area contributed by atoms with E-state index in [1.807, 2.05) is 28.8 Å². The largest absolute Gasteiger partial charge is 0.481 e. The third kappa shape index (κ3) is 4.45. The molecule has 1 atom stereocenters. The van der Waals surface area contributed by atoms with Crippen molar-refractivity contribution in [3.05, 3.63) is 59.4 Å². The zero-order chi connectivity index (χ0) is 19.2. The first kappa shape index (κ1) is 18.9. The van der Waals surface area contributed by atoms with Gasteiger partial charge < -0.3 is 14.4 Å². The van der Waals surface area contributed by atoms with Crippen LogP contribution in [0.5, 0.6) is 0 Å². The molecule has 27 heavy (non-hydrogen) atoms. The van der Waals surface area contributed by atoms with Crippen LogP contribution in [0.3, 0.4) is 0 Å². The minimum atomic E-state index is -0.806. The Labute approximate surface area is 157 Å². The molecule has 142 valence electrons. The molecule has 0 amide bonds. The van der Waals surface area contributed by atoms with Crippen LogP contribution in [-0.4, -0.2) is 34.0 Å².